The third-order valence-electron chi connectivity index (χ3n) is 6.52. The first kappa shape index (κ1) is 26.3. The first-order chi connectivity index (χ1) is 19.3. The van der Waals surface area contributed by atoms with Gasteiger partial charge in [-0.25, -0.2) is 9.09 Å². The molecule has 1 aromatic heterocycles. The fraction of sp³-hybridized carbons (Fsp3) is 0.286. The third-order valence-corrected chi connectivity index (χ3v) is 8.43. The van der Waals surface area contributed by atoms with Crippen molar-refractivity contribution < 1.29 is 79.4 Å². The molecule has 4 unspecified atom stereocenters. The highest BCUT2D eigenvalue weighted by molar-refractivity contribution is 7.82. The normalized spacial score (nSPS) is 32.6. The van der Waals surface area contributed by atoms with Crippen LogP contribution < -0.4 is 27.9 Å². The number of benzene rings is 2. The van der Waals surface area contributed by atoms with Gasteiger partial charge in [0.15, 0.2) is 23.2 Å². The van der Waals surface area contributed by atoms with E-state index < -0.39 is 106 Å². The van der Waals surface area contributed by atoms with Crippen molar-refractivity contribution in [3.63, 3.8) is 0 Å². The second-order valence-corrected chi connectivity index (χ2v) is 11.6. The minimum absolute atomic E-state index is 0.00201. The van der Waals surface area contributed by atoms with Crippen molar-refractivity contribution >= 4 is 29.2 Å². The first-order valence-electron chi connectivity index (χ1n) is 11.4. The van der Waals surface area contributed by atoms with E-state index in [9.17, 15) is 43.3 Å². The molecule has 11 rings (SSSR count). The van der Waals surface area contributed by atoms with E-state index in [1.807, 2.05) is 0 Å². The summed E-state index contributed by atoms with van der Waals surface area (Å²) in [5.41, 5.74) is -2.44. The largest absolute Gasteiger partial charge is 0.569 e. The standard InChI is InChI=1S/C21H15O18PS/c22-5-8-17(25)21(27)18(26)20(31-8)33-15-14-12(24)10-11(23)9-6-1-3-7(4-2-6)34-39-40(28,38-21)35-16(15)13(10)32-19(9)37-41(29,30)36-14/h1-4,8,17-18,20,22,24-27H,5H2/t8?,17-,18?,20-,21?,40?/m0/s1. The van der Waals surface area contributed by atoms with Crippen LogP contribution in [0.1, 0.15) is 0 Å². The van der Waals surface area contributed by atoms with E-state index in [1.54, 1.807) is 0 Å². The molecule has 41 heavy (non-hydrogen) atoms. The predicted octanol–water partition coefficient (Wildman–Crippen LogP) is -0.471. The summed E-state index contributed by atoms with van der Waals surface area (Å²) in [6.07, 6.45) is -8.85. The lowest BCUT2D eigenvalue weighted by Crippen LogP contribution is -2.68. The average Bonchev–Trinajstić information content (AvgIpc) is 3.01. The van der Waals surface area contributed by atoms with Crippen LogP contribution in [0, 0.1) is 0 Å². The maximum atomic E-state index is 14.0. The van der Waals surface area contributed by atoms with E-state index in [1.165, 1.54) is 12.1 Å². The molecule has 18 nitrogen and oxygen atoms in total. The van der Waals surface area contributed by atoms with E-state index in [4.69, 9.17) is 40.9 Å². The molecule has 8 aliphatic heterocycles. The van der Waals surface area contributed by atoms with Crippen LogP contribution in [0.15, 0.2) is 33.5 Å². The molecule has 0 saturated carbocycles. The lowest BCUT2D eigenvalue weighted by atomic mass is 9.95. The Kier molecular flexibility index (Phi) is 5.41. The molecule has 0 spiro atoms. The van der Waals surface area contributed by atoms with Gasteiger partial charge in [0.05, 0.1) is 6.61 Å². The zero-order chi connectivity index (χ0) is 29.1. The summed E-state index contributed by atoms with van der Waals surface area (Å²) in [4.78, 5) is 18.8. The highest BCUT2D eigenvalue weighted by Crippen LogP contribution is 2.62. The maximum absolute atomic E-state index is 14.0. The van der Waals surface area contributed by atoms with Gasteiger partial charge < -0.3 is 57.2 Å². The molecule has 9 heterocycles. The lowest BCUT2D eigenvalue weighted by molar-refractivity contribution is -0.370. The van der Waals surface area contributed by atoms with Gasteiger partial charge in [-0.2, -0.15) is 0 Å². The fourth-order valence-electron chi connectivity index (χ4n) is 4.63. The van der Waals surface area contributed by atoms with Gasteiger partial charge in [0.2, 0.25) is 34.8 Å². The van der Waals surface area contributed by atoms with Crippen LogP contribution in [-0.4, -0.2) is 70.9 Å². The summed E-state index contributed by atoms with van der Waals surface area (Å²) in [7, 11) is -10.8. The van der Waals surface area contributed by atoms with Gasteiger partial charge in [-0.15, -0.1) is 8.42 Å². The molecule has 20 heteroatoms. The highest BCUT2D eigenvalue weighted by Gasteiger charge is 2.63. The summed E-state index contributed by atoms with van der Waals surface area (Å²) < 4.78 is 81.4. The number of phenols is 1. The number of hydrogen-bond acceptors (Lipinski definition) is 18. The second-order valence-electron chi connectivity index (χ2n) is 9.01. The van der Waals surface area contributed by atoms with Crippen molar-refractivity contribution in [2.24, 2.45) is 0 Å². The zero-order valence-corrected chi connectivity index (χ0v) is 21.4. The minimum atomic E-state index is -5.53. The van der Waals surface area contributed by atoms with Crippen molar-refractivity contribution in [3.05, 3.63) is 34.5 Å². The third kappa shape index (κ3) is 3.72. The Labute approximate surface area is 226 Å². The van der Waals surface area contributed by atoms with E-state index >= 15 is 0 Å². The Hall–Kier alpha value is -3.65. The van der Waals surface area contributed by atoms with Crippen molar-refractivity contribution in [1.82, 2.24) is 0 Å². The van der Waals surface area contributed by atoms with Gasteiger partial charge in [-0.1, -0.05) is 16.8 Å². The number of fused-ring (bicyclic) bond motifs is 4. The van der Waals surface area contributed by atoms with Crippen LogP contribution in [-0.2, 0) is 28.9 Å². The van der Waals surface area contributed by atoms with Crippen LogP contribution >= 0.6 is 7.82 Å². The summed E-state index contributed by atoms with van der Waals surface area (Å²) in [6.45, 7) is -1.03. The summed E-state index contributed by atoms with van der Waals surface area (Å²) in [5, 5.41) is 52.8. The average molecular weight is 618 g/mol. The molecule has 11 bridgehead atoms. The molecule has 8 aliphatic rings. The molecule has 0 aliphatic carbocycles. The summed E-state index contributed by atoms with van der Waals surface area (Å²) >= 11 is 0. The number of phosphoric ester groups is 1. The molecule has 1 fully saturated rings. The molecule has 6 atom stereocenters. The number of phosphoric acid groups is 1. The molecule has 2 aromatic carbocycles. The molecule has 5 N–H and O–H groups in total. The molecule has 0 radical (unpaired) electrons. The topological polar surface area (TPSA) is 256 Å². The van der Waals surface area contributed by atoms with Gasteiger partial charge in [0.1, 0.15) is 23.2 Å². The van der Waals surface area contributed by atoms with Crippen molar-refractivity contribution in [1.29, 1.82) is 0 Å². The van der Waals surface area contributed by atoms with Crippen LogP contribution in [0.3, 0.4) is 0 Å². The smallest absolute Gasteiger partial charge is 0.504 e. The Morgan fingerprint density at radius 3 is 2.46 bits per heavy atom. The maximum Gasteiger partial charge on any atom is 0.569 e. The molecule has 0 amide bonds. The van der Waals surface area contributed by atoms with Crippen molar-refractivity contribution in [3.8, 4) is 45.8 Å². The number of hydrogen-bond donors (Lipinski definition) is 5. The van der Waals surface area contributed by atoms with E-state index in [0.717, 1.165) is 12.1 Å². The number of ether oxygens (including phenoxy) is 2. The number of aromatic hydroxyl groups is 1. The first-order valence-corrected chi connectivity index (χ1v) is 14.2. The van der Waals surface area contributed by atoms with E-state index in [0.29, 0.717) is 0 Å². The second kappa shape index (κ2) is 8.44. The molecular weight excluding hydrogens is 603 g/mol. The molecule has 1 saturated heterocycles. The van der Waals surface area contributed by atoms with Gasteiger partial charge >= 0.3 is 24.2 Å². The van der Waals surface area contributed by atoms with Crippen molar-refractivity contribution in [2.45, 2.75) is 30.4 Å². The summed E-state index contributed by atoms with van der Waals surface area (Å²) in [5.74, 6) is -8.98. The van der Waals surface area contributed by atoms with Gasteiger partial charge in [0.25, 0.3) is 0 Å². The van der Waals surface area contributed by atoms with Crippen LogP contribution in [0.2, 0.25) is 0 Å². The summed E-state index contributed by atoms with van der Waals surface area (Å²) in [6, 6.07) is 4.76. The van der Waals surface area contributed by atoms with E-state index in [2.05, 4.69) is 0 Å². The zero-order valence-electron chi connectivity index (χ0n) is 19.7. The molecular formula is C21H15O18PS. The Morgan fingerprint density at radius 1 is 1.02 bits per heavy atom. The quantitative estimate of drug-likeness (QED) is 0.171. The molecule has 218 valence electrons. The van der Waals surface area contributed by atoms with Crippen LogP contribution in [0.4, 0.5) is 0 Å². The Morgan fingerprint density at radius 2 is 1.76 bits per heavy atom. The number of rotatable bonds is 1. The monoisotopic (exact) mass is 618 g/mol. The van der Waals surface area contributed by atoms with Crippen molar-refractivity contribution in [2.75, 3.05) is 6.61 Å². The SMILES string of the molecule is O=c1c2c3oc4c5c(c(c(O)c14)OS(=O)(=O)O3)O[C@@H]1OC(CO)[C@H](O)C(O)(OP(=O)(OOc3ccc-2cc3)O5)C1O. The van der Waals surface area contributed by atoms with Crippen LogP contribution in [0.25, 0.3) is 22.1 Å². The minimum Gasteiger partial charge on any atom is -0.504 e. The van der Waals surface area contributed by atoms with Gasteiger partial charge in [0, 0.05) is 0 Å². The number of aliphatic hydroxyl groups excluding tert-OH is 3. The Balaban J connectivity index is 1.64. The van der Waals surface area contributed by atoms with Crippen LogP contribution in [0.5, 0.6) is 34.7 Å². The Bertz CT molecular complexity index is 1840. The number of aliphatic hydroxyl groups is 4. The molecule has 3 aromatic rings. The van der Waals surface area contributed by atoms with E-state index in [-0.39, 0.29) is 11.3 Å². The van der Waals surface area contributed by atoms with Gasteiger partial charge in [-0.3, -0.25) is 4.79 Å². The fourth-order valence-corrected chi connectivity index (χ4v) is 6.56. The van der Waals surface area contributed by atoms with Gasteiger partial charge in [-0.05, 0) is 17.7 Å². The number of phenolic OH excluding ortho intramolecular Hbond substituents is 1. The lowest BCUT2D eigenvalue weighted by Gasteiger charge is -2.45. The predicted molar refractivity (Wildman–Crippen MR) is 124 cm³/mol. The highest BCUT2D eigenvalue weighted by atomic mass is 32.3.